The second kappa shape index (κ2) is 7.36. The third-order valence-corrected chi connectivity index (χ3v) is 4.91. The van der Waals surface area contributed by atoms with E-state index in [-0.39, 0.29) is 22.1 Å². The lowest BCUT2D eigenvalue weighted by Crippen LogP contribution is -2.10. The van der Waals surface area contributed by atoms with E-state index >= 15 is 0 Å². The van der Waals surface area contributed by atoms with Crippen molar-refractivity contribution in [2.45, 2.75) is 6.92 Å². The lowest BCUT2D eigenvalue weighted by atomic mass is 10.0. The van der Waals surface area contributed by atoms with Crippen molar-refractivity contribution in [3.05, 3.63) is 100 Å². The number of aryl methyl sites for hydroxylation is 1. The highest BCUT2D eigenvalue weighted by atomic mass is 19.1. The third kappa shape index (κ3) is 3.31. The van der Waals surface area contributed by atoms with Gasteiger partial charge >= 0.3 is 5.97 Å². The van der Waals surface area contributed by atoms with Gasteiger partial charge in [-0.05, 0) is 36.8 Å². The minimum absolute atomic E-state index is 0.0921. The molecule has 0 amide bonds. The van der Waals surface area contributed by atoms with Crippen molar-refractivity contribution in [1.82, 2.24) is 4.40 Å². The van der Waals surface area contributed by atoms with E-state index in [9.17, 15) is 14.0 Å². The summed E-state index contributed by atoms with van der Waals surface area (Å²) in [6.07, 6.45) is 1.69. The van der Waals surface area contributed by atoms with Crippen molar-refractivity contribution in [2.24, 2.45) is 0 Å². The predicted octanol–water partition coefficient (Wildman–Crippen LogP) is 4.87. The molecule has 144 valence electrons. The Bertz CT molecular complexity index is 1290. The van der Waals surface area contributed by atoms with Gasteiger partial charge < -0.3 is 9.14 Å². The molecule has 4 nitrogen and oxygen atoms in total. The number of nitrogens with zero attached hydrogens (tertiary/aromatic N) is 1. The minimum atomic E-state index is -0.654. The molecule has 0 bridgehead atoms. The van der Waals surface area contributed by atoms with Crippen LogP contribution in [0.15, 0.2) is 77.7 Å². The van der Waals surface area contributed by atoms with Gasteiger partial charge in [0.1, 0.15) is 5.82 Å². The Labute approximate surface area is 166 Å². The van der Waals surface area contributed by atoms with E-state index in [0.717, 1.165) is 22.9 Å². The number of carbonyl (C=O) groups excluding carboxylic acids is 1. The molecule has 0 fully saturated rings. The Morgan fingerprint density at radius 1 is 1.00 bits per heavy atom. The van der Waals surface area contributed by atoms with E-state index in [1.165, 1.54) is 25.3 Å². The van der Waals surface area contributed by atoms with Gasteiger partial charge in [0, 0.05) is 17.8 Å². The molecule has 29 heavy (non-hydrogen) atoms. The first-order chi connectivity index (χ1) is 14.0. The van der Waals surface area contributed by atoms with Crippen molar-refractivity contribution in [2.75, 3.05) is 7.11 Å². The van der Waals surface area contributed by atoms with Crippen LogP contribution in [0, 0.1) is 12.7 Å². The molecule has 0 saturated heterocycles. The van der Waals surface area contributed by atoms with Crippen LogP contribution >= 0.6 is 0 Å². The maximum absolute atomic E-state index is 14.9. The largest absolute Gasteiger partial charge is 0.465 e. The summed E-state index contributed by atoms with van der Waals surface area (Å²) >= 11 is 0. The Morgan fingerprint density at radius 2 is 1.76 bits per heavy atom. The first-order valence-electron chi connectivity index (χ1n) is 9.09. The van der Waals surface area contributed by atoms with Gasteiger partial charge in [0.2, 0.25) is 0 Å². The second-order valence-corrected chi connectivity index (χ2v) is 6.77. The fourth-order valence-electron chi connectivity index (χ4n) is 3.43. The van der Waals surface area contributed by atoms with Gasteiger partial charge in [-0.2, -0.15) is 0 Å². The number of rotatable bonds is 3. The molecule has 0 aliphatic carbocycles. The molecule has 0 spiro atoms. The summed E-state index contributed by atoms with van der Waals surface area (Å²) in [6, 6.07) is 19.0. The molecule has 0 N–H and O–H groups in total. The van der Waals surface area contributed by atoms with E-state index in [1.54, 1.807) is 12.3 Å². The zero-order chi connectivity index (χ0) is 20.5. The van der Waals surface area contributed by atoms with Gasteiger partial charge in [-0.25, -0.2) is 9.18 Å². The van der Waals surface area contributed by atoms with E-state index in [1.807, 2.05) is 47.7 Å². The number of benzene rings is 2. The number of pyridine rings is 2. The van der Waals surface area contributed by atoms with Crippen LogP contribution in [-0.2, 0) is 4.74 Å². The highest BCUT2D eigenvalue weighted by Crippen LogP contribution is 2.28. The summed E-state index contributed by atoms with van der Waals surface area (Å²) in [5.41, 5.74) is 3.78. The zero-order valence-electron chi connectivity index (χ0n) is 16.0. The van der Waals surface area contributed by atoms with Crippen LogP contribution in [0.1, 0.15) is 15.9 Å². The van der Waals surface area contributed by atoms with Crippen molar-refractivity contribution in [3.8, 4) is 22.4 Å². The molecule has 0 unspecified atom stereocenters. The maximum atomic E-state index is 14.9. The lowest BCUT2D eigenvalue weighted by molar-refractivity contribution is 0.0600. The fraction of sp³-hybridized carbons (Fsp3) is 0.0833. The zero-order valence-corrected chi connectivity index (χ0v) is 16.0. The molecule has 4 rings (SSSR count). The van der Waals surface area contributed by atoms with E-state index in [2.05, 4.69) is 4.74 Å². The Kier molecular flexibility index (Phi) is 4.72. The van der Waals surface area contributed by atoms with Gasteiger partial charge in [-0.3, -0.25) is 4.79 Å². The van der Waals surface area contributed by atoms with E-state index in [4.69, 9.17) is 0 Å². The van der Waals surface area contributed by atoms with Crippen LogP contribution in [0.4, 0.5) is 4.39 Å². The van der Waals surface area contributed by atoms with Gasteiger partial charge in [-0.15, -0.1) is 0 Å². The number of hydrogen-bond donors (Lipinski definition) is 0. The molecule has 0 aliphatic heterocycles. The molecular weight excluding hydrogens is 369 g/mol. The Morgan fingerprint density at radius 3 is 2.45 bits per heavy atom. The lowest BCUT2D eigenvalue weighted by Gasteiger charge is -2.14. The van der Waals surface area contributed by atoms with E-state index in [0.29, 0.717) is 5.52 Å². The van der Waals surface area contributed by atoms with Crippen LogP contribution in [-0.4, -0.2) is 17.5 Å². The molecule has 5 heteroatoms. The highest BCUT2D eigenvalue weighted by Gasteiger charge is 2.16. The smallest absolute Gasteiger partial charge is 0.337 e. The van der Waals surface area contributed by atoms with Crippen LogP contribution in [0.3, 0.4) is 0 Å². The average molecular weight is 387 g/mol. The molecule has 0 saturated carbocycles. The topological polar surface area (TPSA) is 47.8 Å². The van der Waals surface area contributed by atoms with Gasteiger partial charge in [0.15, 0.2) is 5.43 Å². The summed E-state index contributed by atoms with van der Waals surface area (Å²) in [4.78, 5) is 24.3. The molecule has 4 aromatic rings. The van der Waals surface area contributed by atoms with Crippen LogP contribution in [0.5, 0.6) is 0 Å². The van der Waals surface area contributed by atoms with Crippen LogP contribution in [0.25, 0.3) is 27.9 Å². The quantitative estimate of drug-likeness (QED) is 0.471. The van der Waals surface area contributed by atoms with Crippen molar-refractivity contribution in [3.63, 3.8) is 0 Å². The van der Waals surface area contributed by atoms with E-state index < -0.39 is 11.8 Å². The summed E-state index contributed by atoms with van der Waals surface area (Å²) < 4.78 is 21.4. The van der Waals surface area contributed by atoms with Crippen molar-refractivity contribution < 1.29 is 13.9 Å². The number of aromatic nitrogens is 1. The Hall–Kier alpha value is -3.73. The summed E-state index contributed by atoms with van der Waals surface area (Å²) in [5.74, 6) is -1.29. The minimum Gasteiger partial charge on any atom is -0.465 e. The number of hydrogen-bond acceptors (Lipinski definition) is 3. The maximum Gasteiger partial charge on any atom is 0.337 e. The first kappa shape index (κ1) is 18.6. The fourth-order valence-corrected chi connectivity index (χ4v) is 3.43. The molecule has 2 aromatic carbocycles. The molecule has 0 atom stereocenters. The normalized spacial score (nSPS) is 10.9. The number of methoxy groups -OCH3 is 1. The third-order valence-electron chi connectivity index (χ3n) is 4.91. The number of esters is 1. The molecule has 2 aromatic heterocycles. The van der Waals surface area contributed by atoms with Gasteiger partial charge in [0.05, 0.1) is 29.4 Å². The Balaban J connectivity index is 1.96. The van der Waals surface area contributed by atoms with Gasteiger partial charge in [-0.1, -0.05) is 42.0 Å². The van der Waals surface area contributed by atoms with Crippen LogP contribution < -0.4 is 5.43 Å². The molecule has 2 heterocycles. The van der Waals surface area contributed by atoms with Crippen molar-refractivity contribution in [1.29, 1.82) is 0 Å². The summed E-state index contributed by atoms with van der Waals surface area (Å²) in [7, 11) is 1.23. The number of halogens is 1. The van der Waals surface area contributed by atoms with Gasteiger partial charge in [0.25, 0.3) is 0 Å². The second-order valence-electron chi connectivity index (χ2n) is 6.77. The number of fused-ring (bicyclic) bond motifs is 1. The molecule has 0 aliphatic rings. The number of carbonyl (C=O) groups is 1. The van der Waals surface area contributed by atoms with Crippen molar-refractivity contribution >= 4 is 11.5 Å². The monoisotopic (exact) mass is 387 g/mol. The SMILES string of the molecule is COC(=O)c1ccc(-c2c(=O)ccn3c(-c4ccc(C)cc4)cccc23)c(F)c1. The molecular formula is C24H18FNO3. The average Bonchev–Trinajstić information content (AvgIpc) is 2.73. The summed E-state index contributed by atoms with van der Waals surface area (Å²) in [6.45, 7) is 2.02. The number of ether oxygens (including phenoxy) is 1. The standard InChI is InChI=1S/C24H18FNO3/c1-15-6-8-16(9-7-15)20-4-3-5-21-23(22(27)12-13-26(20)21)18-11-10-17(14-19(18)25)24(28)29-2/h3-14H,1-2H3. The first-order valence-corrected chi connectivity index (χ1v) is 9.09. The summed E-state index contributed by atoms with van der Waals surface area (Å²) in [5, 5.41) is 0. The highest BCUT2D eigenvalue weighted by molar-refractivity contribution is 5.91. The molecule has 0 radical (unpaired) electrons. The van der Waals surface area contributed by atoms with Crippen LogP contribution in [0.2, 0.25) is 0 Å². The predicted molar refractivity (Wildman–Crippen MR) is 111 cm³/mol.